The summed E-state index contributed by atoms with van der Waals surface area (Å²) in [6, 6.07) is 2.11. The van der Waals surface area contributed by atoms with E-state index in [4.69, 9.17) is 9.47 Å². The maximum absolute atomic E-state index is 12.9. The minimum absolute atomic E-state index is 0.00153. The maximum atomic E-state index is 12.9. The van der Waals surface area contributed by atoms with Crippen molar-refractivity contribution in [2.45, 2.75) is 44.9 Å². The molecule has 7 heteroatoms. The highest BCUT2D eigenvalue weighted by atomic mass is 16.9. The molecule has 0 bridgehead atoms. The topological polar surface area (TPSA) is 70.3 Å². The number of aromatic nitrogens is 3. The summed E-state index contributed by atoms with van der Waals surface area (Å²) >= 11 is 0. The molecule has 0 spiro atoms. The molecule has 0 atom stereocenters. The van der Waals surface area contributed by atoms with Gasteiger partial charge in [0, 0.05) is 12.2 Å². The van der Waals surface area contributed by atoms with Crippen LogP contribution < -0.4 is 11.0 Å². The minimum Gasteiger partial charge on any atom is -0.322 e. The predicted octanol–water partition coefficient (Wildman–Crippen LogP) is 0.841. The van der Waals surface area contributed by atoms with Crippen LogP contribution in [0.5, 0.6) is 0 Å². The highest BCUT2D eigenvalue weighted by Crippen LogP contribution is 2.24. The third kappa shape index (κ3) is 2.25. The summed E-state index contributed by atoms with van der Waals surface area (Å²) in [5.41, 5.74) is 1.79. The summed E-state index contributed by atoms with van der Waals surface area (Å²) in [5, 5.41) is 3.34. The van der Waals surface area contributed by atoms with Crippen molar-refractivity contribution in [2.75, 3.05) is 13.1 Å². The minimum atomic E-state index is -0.340. The van der Waals surface area contributed by atoms with Gasteiger partial charge in [-0.3, -0.25) is 14.1 Å². The fourth-order valence-electron chi connectivity index (χ4n) is 3.40. The van der Waals surface area contributed by atoms with Crippen LogP contribution in [0.4, 0.5) is 0 Å². The van der Waals surface area contributed by atoms with Crippen LogP contribution in [0.1, 0.15) is 25.8 Å². The number of ether oxygens (including phenoxy) is 2. The van der Waals surface area contributed by atoms with Crippen molar-refractivity contribution in [3.63, 3.8) is 0 Å². The first kappa shape index (κ1) is 13.9. The summed E-state index contributed by atoms with van der Waals surface area (Å²) in [6.45, 7) is 4.15. The Labute approximate surface area is 127 Å². The number of pyridine rings is 1. The fourth-order valence-corrected chi connectivity index (χ4v) is 3.40. The molecular weight excluding hydrogens is 284 g/mol. The molecule has 2 fully saturated rings. The number of nitrogens with one attached hydrogen (secondary N) is 1. The second-order valence-corrected chi connectivity index (χ2v) is 5.88. The SMILES string of the molecule is CC1OC(Cn2c(=O)n(C3CCNCC3)c3cnccc32)O1. The predicted molar refractivity (Wildman–Crippen MR) is 80.6 cm³/mol. The smallest absolute Gasteiger partial charge is 0.322 e. The van der Waals surface area contributed by atoms with Crippen LogP contribution in [0, 0.1) is 0 Å². The molecule has 0 unspecified atom stereocenters. The van der Waals surface area contributed by atoms with Crippen molar-refractivity contribution in [1.82, 2.24) is 19.4 Å². The van der Waals surface area contributed by atoms with E-state index in [-0.39, 0.29) is 24.3 Å². The molecule has 22 heavy (non-hydrogen) atoms. The average Bonchev–Trinajstić information content (AvgIpc) is 2.79. The molecule has 2 aliphatic heterocycles. The normalized spacial score (nSPS) is 26.2. The van der Waals surface area contributed by atoms with Crippen molar-refractivity contribution in [2.24, 2.45) is 0 Å². The van der Waals surface area contributed by atoms with E-state index < -0.39 is 0 Å². The Morgan fingerprint density at radius 1 is 1.32 bits per heavy atom. The van der Waals surface area contributed by atoms with Gasteiger partial charge in [0.05, 0.1) is 23.8 Å². The van der Waals surface area contributed by atoms with Crippen LogP contribution in [0.3, 0.4) is 0 Å². The highest BCUT2D eigenvalue weighted by molar-refractivity contribution is 5.75. The van der Waals surface area contributed by atoms with Crippen molar-refractivity contribution < 1.29 is 9.47 Å². The fraction of sp³-hybridized carbons (Fsp3) is 0.600. The Morgan fingerprint density at radius 3 is 2.82 bits per heavy atom. The third-order valence-corrected chi connectivity index (χ3v) is 4.46. The van der Waals surface area contributed by atoms with E-state index in [1.54, 1.807) is 17.0 Å². The van der Waals surface area contributed by atoms with Gasteiger partial charge in [-0.25, -0.2) is 4.79 Å². The van der Waals surface area contributed by atoms with Crippen molar-refractivity contribution in [1.29, 1.82) is 0 Å². The molecule has 4 rings (SSSR count). The van der Waals surface area contributed by atoms with Gasteiger partial charge in [0.1, 0.15) is 0 Å². The molecule has 2 aromatic heterocycles. The van der Waals surface area contributed by atoms with Crippen molar-refractivity contribution in [3.05, 3.63) is 28.9 Å². The van der Waals surface area contributed by atoms with Crippen LogP contribution in [-0.4, -0.2) is 39.8 Å². The van der Waals surface area contributed by atoms with Gasteiger partial charge in [-0.2, -0.15) is 0 Å². The Morgan fingerprint density at radius 2 is 2.09 bits per heavy atom. The largest absolute Gasteiger partial charge is 0.329 e. The zero-order valence-corrected chi connectivity index (χ0v) is 12.6. The van der Waals surface area contributed by atoms with Gasteiger partial charge in [0.25, 0.3) is 0 Å². The molecule has 2 saturated heterocycles. The first-order valence-electron chi connectivity index (χ1n) is 7.80. The van der Waals surface area contributed by atoms with E-state index in [0.717, 1.165) is 37.0 Å². The van der Waals surface area contributed by atoms with E-state index >= 15 is 0 Å². The Hall–Kier alpha value is -1.70. The number of nitrogens with zero attached hydrogens (tertiary/aromatic N) is 3. The maximum Gasteiger partial charge on any atom is 0.329 e. The summed E-state index contributed by atoms with van der Waals surface area (Å²) < 4.78 is 14.6. The molecule has 0 aromatic carbocycles. The van der Waals surface area contributed by atoms with E-state index in [9.17, 15) is 4.79 Å². The lowest BCUT2D eigenvalue weighted by atomic mass is 10.1. The molecule has 4 heterocycles. The first-order chi connectivity index (χ1) is 10.7. The molecule has 0 aliphatic carbocycles. The van der Waals surface area contributed by atoms with E-state index in [0.29, 0.717) is 6.54 Å². The van der Waals surface area contributed by atoms with Crippen LogP contribution >= 0.6 is 0 Å². The number of piperidine rings is 1. The van der Waals surface area contributed by atoms with E-state index in [1.165, 1.54) is 0 Å². The lowest BCUT2D eigenvalue weighted by Crippen LogP contribution is -2.43. The number of fused-ring (bicyclic) bond motifs is 1. The molecule has 0 radical (unpaired) electrons. The number of hydrogen-bond acceptors (Lipinski definition) is 5. The van der Waals surface area contributed by atoms with Gasteiger partial charge in [-0.05, 0) is 38.9 Å². The van der Waals surface area contributed by atoms with Gasteiger partial charge in [-0.15, -0.1) is 0 Å². The second kappa shape index (κ2) is 5.49. The molecule has 118 valence electrons. The van der Waals surface area contributed by atoms with Crippen LogP contribution in [0.15, 0.2) is 23.3 Å². The van der Waals surface area contributed by atoms with Gasteiger partial charge in [-0.1, -0.05) is 0 Å². The van der Waals surface area contributed by atoms with Crippen molar-refractivity contribution >= 4 is 11.0 Å². The quantitative estimate of drug-likeness (QED) is 0.910. The molecule has 0 saturated carbocycles. The monoisotopic (exact) mass is 304 g/mol. The molecule has 2 aromatic rings. The zero-order valence-electron chi connectivity index (χ0n) is 12.6. The summed E-state index contributed by atoms with van der Waals surface area (Å²) in [6.07, 6.45) is 4.90. The molecular formula is C15H20N4O3. The number of imidazole rings is 1. The number of rotatable bonds is 3. The molecule has 1 N–H and O–H groups in total. The van der Waals surface area contributed by atoms with Gasteiger partial charge in [0.2, 0.25) is 0 Å². The Bertz CT molecular complexity index is 726. The summed E-state index contributed by atoms with van der Waals surface area (Å²) in [5.74, 6) is 0. The highest BCUT2D eigenvalue weighted by Gasteiger charge is 2.30. The van der Waals surface area contributed by atoms with Gasteiger partial charge < -0.3 is 14.8 Å². The van der Waals surface area contributed by atoms with Crippen molar-refractivity contribution in [3.8, 4) is 0 Å². The molecule has 2 aliphatic rings. The molecule has 7 nitrogen and oxygen atoms in total. The van der Waals surface area contributed by atoms with Crippen LogP contribution in [-0.2, 0) is 16.0 Å². The van der Waals surface area contributed by atoms with Gasteiger partial charge in [0.15, 0.2) is 12.6 Å². The molecule has 0 amide bonds. The van der Waals surface area contributed by atoms with Crippen LogP contribution in [0.25, 0.3) is 11.0 Å². The lowest BCUT2D eigenvalue weighted by Gasteiger charge is -2.33. The second-order valence-electron chi connectivity index (χ2n) is 5.88. The zero-order chi connectivity index (χ0) is 15.1. The Kier molecular flexibility index (Phi) is 3.48. The lowest BCUT2D eigenvalue weighted by molar-refractivity contribution is -0.379. The average molecular weight is 304 g/mol. The van der Waals surface area contributed by atoms with E-state index in [1.807, 2.05) is 17.6 Å². The van der Waals surface area contributed by atoms with E-state index in [2.05, 4.69) is 10.3 Å². The number of hydrogen-bond donors (Lipinski definition) is 1. The van der Waals surface area contributed by atoms with Crippen LogP contribution in [0.2, 0.25) is 0 Å². The standard InChI is InChI=1S/C15H20N4O3/c1-10-21-14(22-10)9-18-12-4-7-17-8-13(12)19(15(18)20)11-2-5-16-6-3-11/h4,7-8,10-11,14,16H,2-3,5-6,9H2,1H3. The summed E-state index contributed by atoms with van der Waals surface area (Å²) in [7, 11) is 0. The third-order valence-electron chi connectivity index (χ3n) is 4.46. The summed E-state index contributed by atoms with van der Waals surface area (Å²) in [4.78, 5) is 17.1. The first-order valence-corrected chi connectivity index (χ1v) is 7.80. The van der Waals surface area contributed by atoms with Gasteiger partial charge >= 0.3 is 5.69 Å². The Balaban J connectivity index is 1.76.